The number of carbonyl (C=O) groups is 8. The molecule has 11 aromatic rings. The number of benzene rings is 11. The zero-order chi connectivity index (χ0) is 103. The third kappa shape index (κ3) is 39.4. The SMILES string of the molecule is CN(C(=O)OCc1ccccc1)[C@@H](COCc1ccccc1)[C@H]1O[C@H](OCc2ccccc2)[C@H](O[C@H]2O[C@H](COC(=O)CCC(=O)N(CCCCCNC(=O)CCC(=O)N(CCCCCNC(=O)CCC(=O)N(CCCCCOCc3ccccc3)OCc3ccccc3)OCc3ccccc3)OCc3ccccc3)[C@@H](OCc3ccccc3)[C@H](OCc3ccccc3)C2=O)[C@@H](OCc2ccccc2)[C@@H]1OCc1ccccc1. The first-order valence-electron chi connectivity index (χ1n) is 51.2. The molecule has 0 bridgehead atoms. The van der Waals surface area contributed by atoms with E-state index in [0.717, 1.165) is 74.0 Å². The first kappa shape index (κ1) is 112. The monoisotopic (exact) mass is 2020 g/mol. The van der Waals surface area contributed by atoms with Crippen molar-refractivity contribution >= 4 is 47.4 Å². The predicted octanol–water partition coefficient (Wildman–Crippen LogP) is 18.5. The summed E-state index contributed by atoms with van der Waals surface area (Å²) in [6.45, 7) is 2.14. The molecule has 0 saturated carbocycles. The third-order valence-corrected chi connectivity index (χ3v) is 25.0. The third-order valence-electron chi connectivity index (χ3n) is 25.0. The number of hydrogen-bond acceptors (Lipinski definition) is 23. The smallest absolute Gasteiger partial charge is 0.410 e. The van der Waals surface area contributed by atoms with Crippen LogP contribution in [0.15, 0.2) is 334 Å². The maximum absolute atomic E-state index is 16.1. The van der Waals surface area contributed by atoms with Crippen LogP contribution in [-0.4, -0.2) is 188 Å². The molecule has 0 radical (unpaired) electrons. The number of Topliss-reactive ketones (excluding diaryl/α,β-unsaturated/α-hetero) is 1. The number of ether oxygens (including phenoxy) is 12. The molecule has 148 heavy (non-hydrogen) atoms. The van der Waals surface area contributed by atoms with E-state index in [1.807, 2.05) is 334 Å². The molecular weight excluding hydrogens is 1880 g/mol. The minimum absolute atomic E-state index is 0.00636. The standard InChI is InChI=1S/C119H138N6O23/c1-122(119(133)142-85-98-58-30-9-31-59-98)102(89-135-79-92-46-18-3-19-47-92)111-114(139-82-95-52-24-6-25-53-95)115(140-83-96-54-26-7-27-55-96)116(118(147-111)141-84-97-56-28-8-29-57-97)148-117-110(132)113(138-81-94-50-22-5-23-51-94)112(137-80-93-48-20-4-21-49-93)103(146-117)90-136-109(131)71-70-108(130)125(145-88-101-64-36-12-37-65-101)75-41-14-39-73-121-104(126)66-68-106(128)123(143-86-99-60-32-10-33-61-99)74-40-13-38-72-120-105(127)67-69-107(129)124(144-87-100-62-34-11-35-63-100)76-42-15-43-77-134-78-91-44-16-2-17-45-91/h2-12,16-37,44-65,102-103,111-118H,13-15,38-43,66-90H2,1H3,(H,120,127)(H,121,126)/t102-,103+,111+,112+,113+,114+,115-,116+,117+,118-/m0/s1. The molecule has 6 amide bonds. The summed E-state index contributed by atoms with van der Waals surface area (Å²) in [4.78, 5) is 134. The van der Waals surface area contributed by atoms with E-state index in [1.54, 1.807) is 7.05 Å². The molecular formula is C119H138N6O23. The molecule has 10 atom stereocenters. The summed E-state index contributed by atoms with van der Waals surface area (Å²) in [5, 5.41) is 9.81. The molecule has 29 nitrogen and oxygen atoms in total. The Bertz CT molecular complexity index is 5640. The van der Waals surface area contributed by atoms with E-state index in [1.165, 1.54) is 20.1 Å². The van der Waals surface area contributed by atoms with Crippen LogP contribution in [0.3, 0.4) is 0 Å². The van der Waals surface area contributed by atoms with E-state index >= 15 is 4.79 Å². The number of hydrogen-bond donors (Lipinski definition) is 2. The van der Waals surface area contributed by atoms with E-state index in [0.29, 0.717) is 71.2 Å². The Labute approximate surface area is 867 Å². The second-order valence-electron chi connectivity index (χ2n) is 36.4. The largest absolute Gasteiger partial charge is 0.463 e. The van der Waals surface area contributed by atoms with Crippen LogP contribution in [0.1, 0.15) is 158 Å². The maximum Gasteiger partial charge on any atom is 0.410 e. The second-order valence-corrected chi connectivity index (χ2v) is 36.4. The van der Waals surface area contributed by atoms with Crippen LogP contribution in [0, 0.1) is 0 Å². The van der Waals surface area contributed by atoms with Gasteiger partial charge in [0.2, 0.25) is 41.6 Å². The molecule has 13 rings (SSSR count). The number of nitrogens with one attached hydrogen (secondary N) is 2. The van der Waals surface area contributed by atoms with E-state index < -0.39 is 98.1 Å². The average molecular weight is 2020 g/mol. The number of likely N-dealkylation sites (N-methyl/N-ethyl adjacent to an activating group) is 1. The molecule has 0 spiro atoms. The molecule has 11 aromatic carbocycles. The van der Waals surface area contributed by atoms with Gasteiger partial charge < -0.3 is 72.4 Å². The van der Waals surface area contributed by atoms with Crippen molar-refractivity contribution in [3.8, 4) is 0 Å². The van der Waals surface area contributed by atoms with Gasteiger partial charge in [-0.2, -0.15) is 0 Å². The van der Waals surface area contributed by atoms with Gasteiger partial charge in [-0.05, 0) is 119 Å². The van der Waals surface area contributed by atoms with Crippen LogP contribution in [0.4, 0.5) is 4.79 Å². The fourth-order valence-electron chi connectivity index (χ4n) is 16.8. The highest BCUT2D eigenvalue weighted by atomic mass is 16.8. The first-order valence-corrected chi connectivity index (χ1v) is 51.2. The van der Waals surface area contributed by atoms with Crippen molar-refractivity contribution in [3.05, 3.63) is 395 Å². The summed E-state index contributed by atoms with van der Waals surface area (Å²) >= 11 is 0. The minimum atomic E-state index is -1.88. The molecule has 2 N–H and O–H groups in total. The molecule has 0 unspecified atom stereocenters. The summed E-state index contributed by atoms with van der Waals surface area (Å²) in [7, 11) is 1.61. The highest BCUT2D eigenvalue weighted by molar-refractivity contribution is 5.88. The summed E-state index contributed by atoms with van der Waals surface area (Å²) in [5.41, 5.74) is 9.09. The number of rotatable bonds is 65. The number of hydroxylamine groups is 6. The van der Waals surface area contributed by atoms with Crippen LogP contribution < -0.4 is 10.6 Å². The van der Waals surface area contributed by atoms with E-state index in [2.05, 4.69) is 10.6 Å². The topological polar surface area (TPSA) is 312 Å². The lowest BCUT2D eigenvalue weighted by atomic mass is 9.92. The zero-order valence-electron chi connectivity index (χ0n) is 84.2. The van der Waals surface area contributed by atoms with Crippen molar-refractivity contribution in [1.82, 2.24) is 30.7 Å². The van der Waals surface area contributed by atoms with Crippen LogP contribution >= 0.6 is 0 Å². The van der Waals surface area contributed by atoms with Crippen LogP contribution in [-0.2, 0) is 178 Å². The van der Waals surface area contributed by atoms with Gasteiger partial charge in [-0.1, -0.05) is 334 Å². The molecule has 0 aromatic heterocycles. The normalized spacial score (nSPS) is 17.1. The van der Waals surface area contributed by atoms with Gasteiger partial charge in [0.25, 0.3) is 0 Å². The predicted molar refractivity (Wildman–Crippen MR) is 554 cm³/mol. The summed E-state index contributed by atoms with van der Waals surface area (Å²) in [5.74, 6) is -3.22. The quantitative estimate of drug-likeness (QED) is 0.0203. The Hall–Kier alpha value is -13.3. The minimum Gasteiger partial charge on any atom is -0.463 e. The number of amides is 6. The number of unbranched alkanes of at least 4 members (excludes halogenated alkanes) is 6. The van der Waals surface area contributed by atoms with Crippen molar-refractivity contribution in [2.45, 2.75) is 230 Å². The Balaban J connectivity index is 0.644. The fourth-order valence-corrected chi connectivity index (χ4v) is 16.8. The van der Waals surface area contributed by atoms with Gasteiger partial charge in [0, 0.05) is 78.5 Å². The molecule has 2 aliphatic heterocycles. The van der Waals surface area contributed by atoms with Crippen molar-refractivity contribution in [2.75, 3.05) is 59.6 Å². The van der Waals surface area contributed by atoms with Gasteiger partial charge in [0.15, 0.2) is 12.4 Å². The van der Waals surface area contributed by atoms with Crippen molar-refractivity contribution in [2.24, 2.45) is 0 Å². The van der Waals surface area contributed by atoms with Gasteiger partial charge in [-0.15, -0.1) is 0 Å². The van der Waals surface area contributed by atoms with Crippen molar-refractivity contribution < 1.29 is 110 Å². The van der Waals surface area contributed by atoms with Crippen molar-refractivity contribution in [1.29, 1.82) is 0 Å². The van der Waals surface area contributed by atoms with Crippen LogP contribution in [0.25, 0.3) is 0 Å². The van der Waals surface area contributed by atoms with Crippen LogP contribution in [0.5, 0.6) is 0 Å². The van der Waals surface area contributed by atoms with E-state index in [4.69, 9.17) is 71.4 Å². The molecule has 782 valence electrons. The Morgan fingerprint density at radius 2 is 0.649 bits per heavy atom. The van der Waals surface area contributed by atoms with E-state index in [-0.39, 0.29) is 148 Å². The van der Waals surface area contributed by atoms with Gasteiger partial charge in [-0.25, -0.2) is 20.0 Å². The number of esters is 1. The lowest BCUT2D eigenvalue weighted by Gasteiger charge is -2.50. The first-order chi connectivity index (χ1) is 72.7. The lowest BCUT2D eigenvalue weighted by molar-refractivity contribution is -0.356. The van der Waals surface area contributed by atoms with Gasteiger partial charge in [0.1, 0.15) is 69.7 Å². The van der Waals surface area contributed by atoms with Gasteiger partial charge in [-0.3, -0.25) is 48.1 Å². The van der Waals surface area contributed by atoms with E-state index in [9.17, 15) is 33.6 Å². The average Bonchev–Trinajstić information content (AvgIpc) is 0.757. The highest BCUT2D eigenvalue weighted by Gasteiger charge is 2.57. The Kier molecular flexibility index (Phi) is 48.4. The van der Waals surface area contributed by atoms with Gasteiger partial charge >= 0.3 is 12.1 Å². The summed E-state index contributed by atoms with van der Waals surface area (Å²) in [6, 6.07) is 103. The fraction of sp³-hybridized carbons (Fsp3) is 0.378. The van der Waals surface area contributed by atoms with Gasteiger partial charge in [0.05, 0.1) is 65.3 Å². The highest BCUT2D eigenvalue weighted by Crippen LogP contribution is 2.38. The van der Waals surface area contributed by atoms with Crippen molar-refractivity contribution in [3.63, 3.8) is 0 Å². The molecule has 2 saturated heterocycles. The molecule has 2 heterocycles. The number of carbonyl (C=O) groups excluding carboxylic acids is 8. The molecule has 0 aliphatic carbocycles. The summed E-state index contributed by atoms with van der Waals surface area (Å²) in [6.07, 6.45) is -8.53. The maximum atomic E-state index is 16.1. The molecule has 2 aliphatic rings. The summed E-state index contributed by atoms with van der Waals surface area (Å²) < 4.78 is 81.4. The molecule has 29 heteroatoms. The Morgan fingerprint density at radius 1 is 0.318 bits per heavy atom. The Morgan fingerprint density at radius 3 is 1.05 bits per heavy atom. The number of nitrogens with zero attached hydrogens (tertiary/aromatic N) is 4. The van der Waals surface area contributed by atoms with Crippen LogP contribution in [0.2, 0.25) is 0 Å². The number of ketones is 1. The lowest BCUT2D eigenvalue weighted by Crippen LogP contribution is -2.68. The second kappa shape index (κ2) is 64.0. The zero-order valence-corrected chi connectivity index (χ0v) is 84.2. The molecule has 2 fully saturated rings.